The molecule has 0 spiro atoms. The van der Waals surface area contributed by atoms with E-state index in [2.05, 4.69) is 20.4 Å². The first-order chi connectivity index (χ1) is 19.0. The average molecular weight is 565 g/mol. The van der Waals surface area contributed by atoms with Gasteiger partial charge in [0.15, 0.2) is 23.0 Å². The predicted octanol–water partition coefficient (Wildman–Crippen LogP) is 4.64. The minimum absolute atomic E-state index is 0.00119. The summed E-state index contributed by atoms with van der Waals surface area (Å²) in [6.45, 7) is -0.136. The van der Waals surface area contributed by atoms with Crippen LogP contribution in [0, 0.1) is 17.6 Å². The molecule has 214 valence electrons. The number of nitrogens with two attached hydrogens (primary N) is 1. The van der Waals surface area contributed by atoms with Crippen LogP contribution in [0.3, 0.4) is 0 Å². The van der Waals surface area contributed by atoms with Crippen LogP contribution in [0.15, 0.2) is 40.8 Å². The van der Waals surface area contributed by atoms with Crippen molar-refractivity contribution in [2.75, 3.05) is 13.2 Å². The molecule has 0 saturated heterocycles. The molecule has 40 heavy (non-hydrogen) atoms. The molecule has 1 aliphatic carbocycles. The summed E-state index contributed by atoms with van der Waals surface area (Å²) in [5.41, 5.74) is 6.04. The maximum absolute atomic E-state index is 14.5. The Morgan fingerprint density at radius 3 is 2.52 bits per heavy atom. The summed E-state index contributed by atoms with van der Waals surface area (Å²) in [5, 5.41) is 5.08. The monoisotopic (exact) mass is 564 g/mol. The van der Waals surface area contributed by atoms with E-state index in [4.69, 9.17) is 14.9 Å². The molecule has 2 amide bonds. The van der Waals surface area contributed by atoms with E-state index in [0.717, 1.165) is 25.0 Å². The highest BCUT2D eigenvalue weighted by Crippen LogP contribution is 2.37. The van der Waals surface area contributed by atoms with Crippen molar-refractivity contribution in [3.05, 3.63) is 65.1 Å². The fourth-order valence-electron chi connectivity index (χ4n) is 3.86. The van der Waals surface area contributed by atoms with Crippen molar-refractivity contribution in [1.29, 1.82) is 0 Å². The van der Waals surface area contributed by atoms with Crippen LogP contribution in [-0.2, 0) is 4.79 Å². The van der Waals surface area contributed by atoms with Gasteiger partial charge in [0.05, 0.1) is 18.7 Å². The zero-order valence-electron chi connectivity index (χ0n) is 21.7. The van der Waals surface area contributed by atoms with Crippen molar-refractivity contribution in [1.82, 2.24) is 15.6 Å². The Balaban J connectivity index is 1.64. The highest BCUT2D eigenvalue weighted by molar-refractivity contribution is 5.94. The highest BCUT2D eigenvalue weighted by atomic mass is 19.3. The van der Waals surface area contributed by atoms with Crippen molar-refractivity contribution in [3.8, 4) is 23.0 Å². The summed E-state index contributed by atoms with van der Waals surface area (Å²) >= 11 is 0. The molecular formula is C27H28F4N4O5. The van der Waals surface area contributed by atoms with Crippen molar-refractivity contribution < 1.29 is 41.0 Å². The number of rotatable bonds is 12. The van der Waals surface area contributed by atoms with E-state index in [1.807, 2.05) is 0 Å². The molecule has 4 N–H and O–H groups in total. The first-order valence-corrected chi connectivity index (χ1v) is 12.5. The molecule has 0 unspecified atom stereocenters. The summed E-state index contributed by atoms with van der Waals surface area (Å²) in [7, 11) is 0. The van der Waals surface area contributed by atoms with Gasteiger partial charge in [0.2, 0.25) is 11.8 Å². The Morgan fingerprint density at radius 2 is 1.90 bits per heavy atom. The molecule has 1 saturated carbocycles. The Morgan fingerprint density at radius 1 is 1.15 bits per heavy atom. The number of benzene rings is 2. The van der Waals surface area contributed by atoms with Crippen molar-refractivity contribution in [3.63, 3.8) is 0 Å². The zero-order valence-corrected chi connectivity index (χ0v) is 21.7. The molecule has 0 aliphatic heterocycles. The molecule has 2 aromatic carbocycles. The van der Waals surface area contributed by atoms with Gasteiger partial charge in [-0.2, -0.15) is 8.78 Å². The van der Waals surface area contributed by atoms with Crippen LogP contribution in [0.4, 0.5) is 17.6 Å². The van der Waals surface area contributed by atoms with Gasteiger partial charge in [0.25, 0.3) is 5.91 Å². The molecular weight excluding hydrogens is 536 g/mol. The van der Waals surface area contributed by atoms with Crippen LogP contribution in [0.5, 0.6) is 11.5 Å². The molecule has 0 bridgehead atoms. The maximum atomic E-state index is 14.5. The lowest BCUT2D eigenvalue weighted by atomic mass is 10.1. The van der Waals surface area contributed by atoms with Gasteiger partial charge in [0.1, 0.15) is 11.6 Å². The molecule has 3 aromatic rings. The molecule has 13 heteroatoms. The lowest BCUT2D eigenvalue weighted by molar-refractivity contribution is -0.119. The van der Waals surface area contributed by atoms with Crippen LogP contribution in [0.25, 0.3) is 11.5 Å². The van der Waals surface area contributed by atoms with Crippen LogP contribution in [0.1, 0.15) is 60.6 Å². The zero-order chi connectivity index (χ0) is 29.0. The highest BCUT2D eigenvalue weighted by Gasteiger charge is 2.28. The first-order valence-electron chi connectivity index (χ1n) is 12.5. The van der Waals surface area contributed by atoms with Crippen molar-refractivity contribution >= 4 is 11.8 Å². The van der Waals surface area contributed by atoms with E-state index in [0.29, 0.717) is 24.2 Å². The molecule has 4 rings (SSSR count). The fraction of sp³-hybridized carbons (Fsp3) is 0.370. The number of carbonyl (C=O) groups is 2. The largest absolute Gasteiger partial charge is 0.489 e. The minimum Gasteiger partial charge on any atom is -0.489 e. The Labute approximate surface area is 227 Å². The van der Waals surface area contributed by atoms with Crippen molar-refractivity contribution in [2.45, 2.75) is 45.4 Å². The molecule has 1 heterocycles. The summed E-state index contributed by atoms with van der Waals surface area (Å²) in [6.07, 6.45) is 1.96. The SMILES string of the molecule is CC(=O)NC[C@@H](NC(=O)c1nc(-c2ccc(OC(F)F)c(OCC3CC3)c2)oc1[C@H](C)N)c1ccc(F)cc1F. The van der Waals surface area contributed by atoms with Crippen LogP contribution < -0.4 is 25.8 Å². The Bertz CT molecular complexity index is 1380. The van der Waals surface area contributed by atoms with Gasteiger partial charge in [-0.15, -0.1) is 0 Å². The van der Waals surface area contributed by atoms with Gasteiger partial charge < -0.3 is 30.3 Å². The van der Waals surface area contributed by atoms with Gasteiger partial charge in [-0.05, 0) is 49.9 Å². The number of aromatic nitrogens is 1. The van der Waals surface area contributed by atoms with E-state index in [1.165, 1.54) is 25.1 Å². The minimum atomic E-state index is -3.06. The van der Waals surface area contributed by atoms with Crippen LogP contribution in [-0.4, -0.2) is 36.6 Å². The number of amides is 2. The third kappa shape index (κ3) is 7.29. The maximum Gasteiger partial charge on any atom is 0.387 e. The Kier molecular flexibility index (Phi) is 8.93. The average Bonchev–Trinajstić information content (AvgIpc) is 3.60. The van der Waals surface area contributed by atoms with Crippen LogP contribution >= 0.6 is 0 Å². The van der Waals surface area contributed by atoms with Crippen LogP contribution in [0.2, 0.25) is 0 Å². The molecule has 0 radical (unpaired) electrons. The lowest BCUT2D eigenvalue weighted by Gasteiger charge is -2.20. The number of halogens is 4. The van der Waals surface area contributed by atoms with E-state index >= 15 is 0 Å². The topological polar surface area (TPSA) is 129 Å². The van der Waals surface area contributed by atoms with Gasteiger partial charge >= 0.3 is 6.61 Å². The normalized spacial score (nSPS) is 14.5. The lowest BCUT2D eigenvalue weighted by Crippen LogP contribution is -2.38. The standard InChI is InChI=1S/C27H28F4N4O5/c1-13(32)24-23(25(37)34-20(11-33-14(2)36)18-7-6-17(28)10-19(18)29)35-26(40-24)16-5-8-21(39-27(30)31)22(9-16)38-12-15-3-4-15/h5-10,13,15,20,27H,3-4,11-12,32H2,1-2H3,(H,33,36)(H,34,37)/t13-,20+/m0/s1. The van der Waals surface area contributed by atoms with Gasteiger partial charge in [-0.25, -0.2) is 13.8 Å². The number of nitrogens with one attached hydrogen (secondary N) is 2. The number of hydrogen-bond donors (Lipinski definition) is 3. The second kappa shape index (κ2) is 12.4. The molecule has 2 atom stereocenters. The van der Waals surface area contributed by atoms with Gasteiger partial charge in [-0.1, -0.05) is 6.07 Å². The van der Waals surface area contributed by atoms with Gasteiger partial charge in [-0.3, -0.25) is 9.59 Å². The van der Waals surface area contributed by atoms with E-state index in [-0.39, 0.29) is 41.0 Å². The molecule has 1 aromatic heterocycles. The van der Waals surface area contributed by atoms with E-state index < -0.39 is 42.1 Å². The quantitative estimate of drug-likeness (QED) is 0.274. The third-order valence-electron chi connectivity index (χ3n) is 6.06. The fourth-order valence-corrected chi connectivity index (χ4v) is 3.86. The molecule has 1 aliphatic rings. The van der Waals surface area contributed by atoms with E-state index in [9.17, 15) is 27.2 Å². The number of alkyl halides is 2. The first kappa shape index (κ1) is 28.9. The summed E-state index contributed by atoms with van der Waals surface area (Å²) in [4.78, 5) is 29.1. The number of oxazole rings is 1. The number of ether oxygens (including phenoxy) is 2. The summed E-state index contributed by atoms with van der Waals surface area (Å²) in [6, 6.07) is 5.05. The second-order valence-electron chi connectivity index (χ2n) is 9.44. The summed E-state index contributed by atoms with van der Waals surface area (Å²) in [5.74, 6) is -2.80. The summed E-state index contributed by atoms with van der Waals surface area (Å²) < 4.78 is 69.9. The van der Waals surface area contributed by atoms with E-state index in [1.54, 1.807) is 6.92 Å². The smallest absolute Gasteiger partial charge is 0.387 e. The molecule has 1 fully saturated rings. The molecule has 9 nitrogen and oxygen atoms in total. The second-order valence-corrected chi connectivity index (χ2v) is 9.44. The number of nitrogens with zero attached hydrogens (tertiary/aromatic N) is 1. The predicted molar refractivity (Wildman–Crippen MR) is 135 cm³/mol. The number of carbonyl (C=O) groups excluding carboxylic acids is 2. The van der Waals surface area contributed by atoms with Gasteiger partial charge in [0, 0.05) is 30.7 Å². The third-order valence-corrected chi connectivity index (χ3v) is 6.06. The Hall–Kier alpha value is -4.13. The van der Waals surface area contributed by atoms with Crippen molar-refractivity contribution in [2.24, 2.45) is 11.7 Å². The number of hydrogen-bond acceptors (Lipinski definition) is 7.